The fourth-order valence-corrected chi connectivity index (χ4v) is 3.55. The number of carboxylic acid groups (broad SMARTS) is 1. The minimum atomic E-state index is -0.787. The molecule has 1 aliphatic rings. The SMILES string of the molecule is CC1O[C@@H](OCCCCC(=O)O)C(OCc2ccccc2)C[C@H]1OCc1ccccc1. The molecule has 4 atom stereocenters. The van der Waals surface area contributed by atoms with Crippen molar-refractivity contribution in [1.29, 1.82) is 0 Å². The van der Waals surface area contributed by atoms with Gasteiger partial charge in [0.25, 0.3) is 0 Å². The Hall–Kier alpha value is -2.25. The monoisotopic (exact) mass is 428 g/mol. The van der Waals surface area contributed by atoms with E-state index in [1.807, 2.05) is 67.6 Å². The first-order valence-electron chi connectivity index (χ1n) is 10.9. The van der Waals surface area contributed by atoms with Crippen LogP contribution < -0.4 is 0 Å². The maximum absolute atomic E-state index is 10.7. The molecule has 1 fully saturated rings. The molecule has 2 aromatic carbocycles. The van der Waals surface area contributed by atoms with E-state index in [9.17, 15) is 4.79 Å². The quantitative estimate of drug-likeness (QED) is 0.500. The Bertz CT molecular complexity index is 766. The maximum Gasteiger partial charge on any atom is 0.303 e. The third kappa shape index (κ3) is 8.07. The summed E-state index contributed by atoms with van der Waals surface area (Å²) in [5.74, 6) is -0.787. The minimum Gasteiger partial charge on any atom is -0.481 e. The zero-order valence-electron chi connectivity index (χ0n) is 18.0. The average molecular weight is 429 g/mol. The molecule has 1 heterocycles. The summed E-state index contributed by atoms with van der Waals surface area (Å²) in [6, 6.07) is 20.1. The van der Waals surface area contributed by atoms with Gasteiger partial charge in [-0.15, -0.1) is 0 Å². The molecule has 168 valence electrons. The number of rotatable bonds is 12. The van der Waals surface area contributed by atoms with Crippen molar-refractivity contribution in [3.63, 3.8) is 0 Å². The van der Waals surface area contributed by atoms with E-state index >= 15 is 0 Å². The molecule has 0 amide bonds. The second-order valence-electron chi connectivity index (χ2n) is 7.84. The lowest BCUT2D eigenvalue weighted by Crippen LogP contribution is -2.49. The molecule has 1 N–H and O–H groups in total. The maximum atomic E-state index is 10.7. The summed E-state index contributed by atoms with van der Waals surface area (Å²) >= 11 is 0. The summed E-state index contributed by atoms with van der Waals surface area (Å²) in [5.41, 5.74) is 2.20. The summed E-state index contributed by atoms with van der Waals surface area (Å²) in [7, 11) is 0. The molecule has 0 saturated carbocycles. The van der Waals surface area contributed by atoms with Gasteiger partial charge in [-0.05, 0) is 30.9 Å². The molecule has 3 rings (SSSR count). The molecule has 0 radical (unpaired) electrons. The molecule has 1 aliphatic heterocycles. The fraction of sp³-hybridized carbons (Fsp3) is 0.480. The first-order chi connectivity index (χ1) is 15.1. The number of benzene rings is 2. The van der Waals surface area contributed by atoms with Crippen LogP contribution in [-0.4, -0.2) is 42.3 Å². The van der Waals surface area contributed by atoms with Gasteiger partial charge in [0, 0.05) is 19.4 Å². The van der Waals surface area contributed by atoms with Crippen molar-refractivity contribution in [2.24, 2.45) is 0 Å². The van der Waals surface area contributed by atoms with E-state index in [2.05, 4.69) is 0 Å². The minimum absolute atomic E-state index is 0.104. The number of carboxylic acids is 1. The van der Waals surface area contributed by atoms with Crippen LogP contribution >= 0.6 is 0 Å². The van der Waals surface area contributed by atoms with Crippen LogP contribution in [0.15, 0.2) is 60.7 Å². The van der Waals surface area contributed by atoms with E-state index < -0.39 is 12.3 Å². The topological polar surface area (TPSA) is 74.2 Å². The number of unbranched alkanes of at least 4 members (excludes halogenated alkanes) is 1. The Morgan fingerprint density at radius 3 is 2.06 bits per heavy atom. The summed E-state index contributed by atoms with van der Waals surface area (Å²) < 4.78 is 24.4. The predicted molar refractivity (Wildman–Crippen MR) is 116 cm³/mol. The molecular weight excluding hydrogens is 396 g/mol. The van der Waals surface area contributed by atoms with Gasteiger partial charge in [0.15, 0.2) is 6.29 Å². The molecule has 6 heteroatoms. The average Bonchev–Trinajstić information content (AvgIpc) is 2.78. The molecule has 2 aromatic rings. The molecule has 6 nitrogen and oxygen atoms in total. The number of carbonyl (C=O) groups is 1. The van der Waals surface area contributed by atoms with E-state index in [-0.39, 0.29) is 24.7 Å². The van der Waals surface area contributed by atoms with Crippen LogP contribution in [0.2, 0.25) is 0 Å². The van der Waals surface area contributed by atoms with Gasteiger partial charge < -0.3 is 24.1 Å². The standard InChI is InChI=1S/C25H32O6/c1-19-22(29-17-20-10-4-2-5-11-20)16-23(30-18-21-12-6-3-7-13-21)25(31-19)28-15-9-8-14-24(26)27/h2-7,10-13,19,22-23,25H,8-9,14-18H2,1H3,(H,26,27)/t19?,22-,23?,25-/m1/s1. The number of aliphatic carboxylic acids is 1. The van der Waals surface area contributed by atoms with Gasteiger partial charge in [-0.2, -0.15) is 0 Å². The summed E-state index contributed by atoms with van der Waals surface area (Å²) in [6.07, 6.45) is 1.05. The highest BCUT2D eigenvalue weighted by atomic mass is 16.7. The molecule has 2 unspecified atom stereocenters. The van der Waals surface area contributed by atoms with Crippen molar-refractivity contribution in [2.75, 3.05) is 6.61 Å². The van der Waals surface area contributed by atoms with Crippen molar-refractivity contribution in [3.8, 4) is 0 Å². The zero-order valence-corrected chi connectivity index (χ0v) is 18.0. The van der Waals surface area contributed by atoms with E-state index in [4.69, 9.17) is 24.1 Å². The Balaban J connectivity index is 1.55. The molecular formula is C25H32O6. The van der Waals surface area contributed by atoms with Crippen molar-refractivity contribution >= 4 is 5.97 Å². The first kappa shape index (κ1) is 23.4. The lowest BCUT2D eigenvalue weighted by atomic mass is 10.0. The second kappa shape index (κ2) is 12.6. The van der Waals surface area contributed by atoms with Crippen molar-refractivity contribution < 1.29 is 28.8 Å². The lowest BCUT2D eigenvalue weighted by Gasteiger charge is -2.39. The van der Waals surface area contributed by atoms with E-state index in [1.54, 1.807) is 0 Å². The van der Waals surface area contributed by atoms with Crippen LogP contribution in [-0.2, 0) is 37.0 Å². The lowest BCUT2D eigenvalue weighted by molar-refractivity contribution is -0.279. The number of hydrogen-bond donors (Lipinski definition) is 1. The van der Waals surface area contributed by atoms with Crippen LogP contribution in [0.1, 0.15) is 43.7 Å². The highest BCUT2D eigenvalue weighted by Gasteiger charge is 2.38. The van der Waals surface area contributed by atoms with Crippen molar-refractivity contribution in [3.05, 3.63) is 71.8 Å². The van der Waals surface area contributed by atoms with Gasteiger partial charge in [-0.3, -0.25) is 4.79 Å². The Morgan fingerprint density at radius 2 is 1.48 bits per heavy atom. The van der Waals surface area contributed by atoms with E-state index in [0.29, 0.717) is 39.1 Å². The predicted octanol–water partition coefficient (Wildman–Crippen LogP) is 4.56. The molecule has 0 bridgehead atoms. The molecule has 1 saturated heterocycles. The smallest absolute Gasteiger partial charge is 0.303 e. The first-order valence-corrected chi connectivity index (χ1v) is 10.9. The summed E-state index contributed by atoms with van der Waals surface area (Å²) in [5, 5.41) is 8.78. The van der Waals surface area contributed by atoms with Crippen LogP contribution in [0.5, 0.6) is 0 Å². The normalized spacial score (nSPS) is 23.5. The third-order valence-corrected chi connectivity index (χ3v) is 5.32. The van der Waals surface area contributed by atoms with Gasteiger partial charge in [-0.1, -0.05) is 60.7 Å². The molecule has 0 spiro atoms. The van der Waals surface area contributed by atoms with E-state index in [1.165, 1.54) is 0 Å². The number of hydrogen-bond acceptors (Lipinski definition) is 5. The van der Waals surface area contributed by atoms with Crippen LogP contribution in [0.25, 0.3) is 0 Å². The second-order valence-corrected chi connectivity index (χ2v) is 7.84. The van der Waals surface area contributed by atoms with Gasteiger partial charge in [-0.25, -0.2) is 0 Å². The van der Waals surface area contributed by atoms with Crippen molar-refractivity contribution in [1.82, 2.24) is 0 Å². The third-order valence-electron chi connectivity index (χ3n) is 5.32. The van der Waals surface area contributed by atoms with Gasteiger partial charge >= 0.3 is 5.97 Å². The zero-order chi connectivity index (χ0) is 21.9. The Morgan fingerprint density at radius 1 is 0.903 bits per heavy atom. The summed E-state index contributed by atoms with van der Waals surface area (Å²) in [6.45, 7) is 3.41. The summed E-state index contributed by atoms with van der Waals surface area (Å²) in [4.78, 5) is 10.7. The van der Waals surface area contributed by atoms with Crippen LogP contribution in [0.4, 0.5) is 0 Å². The van der Waals surface area contributed by atoms with Crippen LogP contribution in [0, 0.1) is 0 Å². The highest BCUT2D eigenvalue weighted by Crippen LogP contribution is 2.27. The fourth-order valence-electron chi connectivity index (χ4n) is 3.55. The van der Waals surface area contributed by atoms with Crippen molar-refractivity contribution in [2.45, 2.75) is 70.4 Å². The van der Waals surface area contributed by atoms with Gasteiger partial charge in [0.05, 0.1) is 25.4 Å². The number of ether oxygens (including phenoxy) is 4. The molecule has 0 aliphatic carbocycles. The molecule has 0 aromatic heterocycles. The Labute approximate surface area is 184 Å². The highest BCUT2D eigenvalue weighted by molar-refractivity contribution is 5.66. The van der Waals surface area contributed by atoms with Crippen LogP contribution in [0.3, 0.4) is 0 Å². The Kier molecular flexibility index (Phi) is 9.49. The largest absolute Gasteiger partial charge is 0.481 e. The van der Waals surface area contributed by atoms with Gasteiger partial charge in [0.2, 0.25) is 0 Å². The molecule has 31 heavy (non-hydrogen) atoms. The van der Waals surface area contributed by atoms with Gasteiger partial charge in [0.1, 0.15) is 6.10 Å². The van der Waals surface area contributed by atoms with E-state index in [0.717, 1.165) is 11.1 Å².